The molecule has 0 atom stereocenters. The van der Waals surface area contributed by atoms with Gasteiger partial charge in [0.05, 0.1) is 23.1 Å². The molecule has 174 valence electrons. The zero-order valence-corrected chi connectivity index (χ0v) is 19.4. The number of fused-ring (bicyclic) bond motifs is 2. The highest BCUT2D eigenvalue weighted by atomic mass is 16.3. The van der Waals surface area contributed by atoms with E-state index in [1.54, 1.807) is 41.6 Å². The Bertz CT molecular complexity index is 1440. The van der Waals surface area contributed by atoms with Crippen LogP contribution >= 0.6 is 0 Å². The van der Waals surface area contributed by atoms with Gasteiger partial charge < -0.3 is 15.7 Å². The molecule has 0 spiro atoms. The zero-order chi connectivity index (χ0) is 23.9. The quantitative estimate of drug-likeness (QED) is 0.385. The highest BCUT2D eigenvalue weighted by molar-refractivity contribution is 5.82. The van der Waals surface area contributed by atoms with Crippen molar-refractivity contribution in [3.63, 3.8) is 0 Å². The number of aromatic nitrogens is 4. The van der Waals surface area contributed by atoms with Crippen LogP contribution in [0.5, 0.6) is 0 Å². The molecule has 0 radical (unpaired) electrons. The van der Waals surface area contributed by atoms with Gasteiger partial charge in [-0.2, -0.15) is 0 Å². The molecule has 4 aromatic rings. The first kappa shape index (κ1) is 22.1. The lowest BCUT2D eigenvalue weighted by Crippen LogP contribution is -2.23. The number of allylic oxidation sites excluding steroid dienone is 1. The van der Waals surface area contributed by atoms with Crippen molar-refractivity contribution in [1.29, 1.82) is 0 Å². The molecule has 34 heavy (non-hydrogen) atoms. The van der Waals surface area contributed by atoms with Crippen LogP contribution in [0.3, 0.4) is 0 Å². The normalized spacial score (nSPS) is 13.6. The maximum absolute atomic E-state index is 13.2. The van der Waals surface area contributed by atoms with Crippen LogP contribution in [0.2, 0.25) is 0 Å². The summed E-state index contributed by atoms with van der Waals surface area (Å²) in [4.78, 5) is 22.3. The first-order valence-electron chi connectivity index (χ1n) is 11.4. The highest BCUT2D eigenvalue weighted by Gasteiger charge is 2.21. The van der Waals surface area contributed by atoms with Gasteiger partial charge in [0.1, 0.15) is 11.4 Å². The third kappa shape index (κ3) is 4.02. The number of benzene rings is 1. The first-order chi connectivity index (χ1) is 16.3. The molecule has 0 saturated heterocycles. The van der Waals surface area contributed by atoms with Gasteiger partial charge in [-0.1, -0.05) is 18.2 Å². The second-order valence-corrected chi connectivity index (χ2v) is 9.05. The van der Waals surface area contributed by atoms with E-state index < -0.39 is 5.60 Å². The van der Waals surface area contributed by atoms with E-state index >= 15 is 0 Å². The Hall–Kier alpha value is -3.75. The van der Waals surface area contributed by atoms with Gasteiger partial charge in [-0.15, -0.1) is 6.58 Å². The number of pyridine rings is 2. The molecule has 0 bridgehead atoms. The SMILES string of the molecule is C=CCn1c(=O)c2cnc(Nc3ccc4c(c3)CNCC4)cc2n1-c1cccc(C(C)(C)O)n1. The molecule has 3 aromatic heterocycles. The topological polar surface area (TPSA) is 97.0 Å². The van der Waals surface area contributed by atoms with Crippen molar-refractivity contribution in [1.82, 2.24) is 24.6 Å². The summed E-state index contributed by atoms with van der Waals surface area (Å²) in [6.07, 6.45) is 4.29. The summed E-state index contributed by atoms with van der Waals surface area (Å²) in [7, 11) is 0. The van der Waals surface area contributed by atoms with E-state index in [2.05, 4.69) is 45.4 Å². The Balaban J connectivity index is 1.62. The van der Waals surface area contributed by atoms with Gasteiger partial charge in [0.2, 0.25) is 0 Å². The number of anilines is 2. The lowest BCUT2D eigenvalue weighted by Gasteiger charge is -2.19. The molecule has 0 fully saturated rings. The monoisotopic (exact) mass is 456 g/mol. The second kappa shape index (κ2) is 8.55. The summed E-state index contributed by atoms with van der Waals surface area (Å²) >= 11 is 0. The molecule has 0 saturated carbocycles. The van der Waals surface area contributed by atoms with E-state index in [1.165, 1.54) is 11.1 Å². The van der Waals surface area contributed by atoms with Gasteiger partial charge >= 0.3 is 0 Å². The molecule has 4 heterocycles. The van der Waals surface area contributed by atoms with E-state index in [4.69, 9.17) is 0 Å². The predicted molar refractivity (Wildman–Crippen MR) is 134 cm³/mol. The van der Waals surface area contributed by atoms with Gasteiger partial charge in [0.15, 0.2) is 5.82 Å². The van der Waals surface area contributed by atoms with E-state index in [0.717, 1.165) is 25.2 Å². The summed E-state index contributed by atoms with van der Waals surface area (Å²) < 4.78 is 3.34. The molecule has 0 unspecified atom stereocenters. The standard InChI is InChI=1S/C26H28N6O2/c1-4-12-31-25(33)20-16-28-23(29-19-9-8-17-10-11-27-15-18(17)13-19)14-21(20)32(31)24-7-5-6-22(30-24)26(2,3)34/h4-9,13-14,16,27,34H,1,10-12,15H2,2-3H3,(H,28,29). The molecular formula is C26H28N6O2. The maximum Gasteiger partial charge on any atom is 0.276 e. The molecule has 3 N–H and O–H groups in total. The fourth-order valence-corrected chi connectivity index (χ4v) is 4.34. The Morgan fingerprint density at radius 1 is 1.24 bits per heavy atom. The molecule has 8 heteroatoms. The first-order valence-corrected chi connectivity index (χ1v) is 11.4. The molecule has 1 aliphatic rings. The van der Waals surface area contributed by atoms with Gasteiger partial charge in [0, 0.05) is 24.5 Å². The molecule has 1 aliphatic heterocycles. The van der Waals surface area contributed by atoms with Crippen molar-refractivity contribution in [2.45, 2.75) is 39.0 Å². The molecular weight excluding hydrogens is 428 g/mol. The second-order valence-electron chi connectivity index (χ2n) is 9.05. The molecule has 8 nitrogen and oxygen atoms in total. The van der Waals surface area contributed by atoms with Crippen LogP contribution < -0.4 is 16.2 Å². The van der Waals surface area contributed by atoms with Crippen molar-refractivity contribution >= 4 is 22.4 Å². The fraction of sp³-hybridized carbons (Fsp3) is 0.269. The Kier molecular flexibility index (Phi) is 5.55. The van der Waals surface area contributed by atoms with E-state index in [1.807, 2.05) is 18.2 Å². The molecule has 0 aliphatic carbocycles. The predicted octanol–water partition coefficient (Wildman–Crippen LogP) is 3.38. The van der Waals surface area contributed by atoms with Crippen LogP contribution in [-0.4, -0.2) is 31.0 Å². The molecule has 1 aromatic carbocycles. The summed E-state index contributed by atoms with van der Waals surface area (Å²) in [5.41, 5.74) is 3.47. The van der Waals surface area contributed by atoms with Crippen molar-refractivity contribution in [3.05, 3.63) is 88.5 Å². The molecule has 5 rings (SSSR count). The van der Waals surface area contributed by atoms with Crippen molar-refractivity contribution in [2.24, 2.45) is 0 Å². The third-order valence-electron chi connectivity index (χ3n) is 6.06. The van der Waals surface area contributed by atoms with Crippen molar-refractivity contribution in [2.75, 3.05) is 11.9 Å². The number of aliphatic hydroxyl groups is 1. The smallest absolute Gasteiger partial charge is 0.276 e. The average molecular weight is 457 g/mol. The van der Waals surface area contributed by atoms with Gasteiger partial charge in [-0.25, -0.2) is 19.3 Å². The Morgan fingerprint density at radius 2 is 2.09 bits per heavy atom. The van der Waals surface area contributed by atoms with E-state index in [9.17, 15) is 9.90 Å². The average Bonchev–Trinajstić information content (AvgIpc) is 3.10. The number of hydrogen-bond acceptors (Lipinski definition) is 6. The van der Waals surface area contributed by atoms with Crippen LogP contribution in [0, 0.1) is 0 Å². The maximum atomic E-state index is 13.2. The van der Waals surface area contributed by atoms with Crippen LogP contribution in [0.15, 0.2) is 66.1 Å². The van der Waals surface area contributed by atoms with Crippen molar-refractivity contribution in [3.8, 4) is 5.82 Å². The van der Waals surface area contributed by atoms with Crippen molar-refractivity contribution < 1.29 is 5.11 Å². The number of hydrogen-bond donors (Lipinski definition) is 3. The number of rotatable bonds is 6. The summed E-state index contributed by atoms with van der Waals surface area (Å²) in [6, 6.07) is 13.6. The minimum absolute atomic E-state index is 0.177. The van der Waals surface area contributed by atoms with Crippen LogP contribution in [-0.2, 0) is 25.1 Å². The fourth-order valence-electron chi connectivity index (χ4n) is 4.34. The number of nitrogens with one attached hydrogen (secondary N) is 2. The highest BCUT2D eigenvalue weighted by Crippen LogP contribution is 2.25. The Morgan fingerprint density at radius 3 is 2.88 bits per heavy atom. The zero-order valence-electron chi connectivity index (χ0n) is 19.4. The van der Waals surface area contributed by atoms with E-state index in [-0.39, 0.29) is 5.56 Å². The summed E-state index contributed by atoms with van der Waals surface area (Å²) in [5, 5.41) is 17.7. The summed E-state index contributed by atoms with van der Waals surface area (Å²) in [5.74, 6) is 1.16. The van der Waals surface area contributed by atoms with Crippen LogP contribution in [0.4, 0.5) is 11.5 Å². The van der Waals surface area contributed by atoms with Crippen LogP contribution in [0.1, 0.15) is 30.7 Å². The lowest BCUT2D eigenvalue weighted by atomic mass is 10.0. The lowest BCUT2D eigenvalue weighted by molar-refractivity contribution is 0.0738. The van der Waals surface area contributed by atoms with Gasteiger partial charge in [-0.3, -0.25) is 4.79 Å². The minimum Gasteiger partial charge on any atom is -0.384 e. The van der Waals surface area contributed by atoms with Gasteiger partial charge in [0.25, 0.3) is 5.56 Å². The van der Waals surface area contributed by atoms with Crippen LogP contribution in [0.25, 0.3) is 16.7 Å². The third-order valence-corrected chi connectivity index (χ3v) is 6.06. The van der Waals surface area contributed by atoms with E-state index in [0.29, 0.717) is 34.8 Å². The largest absolute Gasteiger partial charge is 0.384 e. The molecule has 0 amide bonds. The number of nitrogens with zero attached hydrogens (tertiary/aromatic N) is 4. The van der Waals surface area contributed by atoms with Gasteiger partial charge in [-0.05, 0) is 62.2 Å². The minimum atomic E-state index is -1.11. The Labute approximate surface area is 197 Å². The summed E-state index contributed by atoms with van der Waals surface area (Å²) in [6.45, 7) is 9.33.